The molecule has 2 aromatic heterocycles. The van der Waals surface area contributed by atoms with Gasteiger partial charge in [0.2, 0.25) is 10.0 Å². The quantitative estimate of drug-likeness (QED) is 0.670. The molecule has 30 heavy (non-hydrogen) atoms. The highest BCUT2D eigenvalue weighted by Gasteiger charge is 2.37. The standard InChI is InChI=1S/C18H19F3N6O2S/c1-12-11-15(27-17(22-12)23-16(24-27)18(19,20)21)26-9-7-13(8-10-26)25-30(28,29)14-5-3-2-4-6-14/h2-6,11,13,25H,7-10H2,1H3. The smallest absolute Gasteiger partial charge is 0.356 e. The second kappa shape index (κ2) is 7.51. The molecular formula is C18H19F3N6O2S. The van der Waals surface area contributed by atoms with Crippen LogP contribution in [0.2, 0.25) is 0 Å². The predicted molar refractivity (Wildman–Crippen MR) is 103 cm³/mol. The van der Waals surface area contributed by atoms with Crippen LogP contribution in [0.1, 0.15) is 24.4 Å². The minimum Gasteiger partial charge on any atom is -0.356 e. The maximum atomic E-state index is 13.0. The van der Waals surface area contributed by atoms with E-state index in [-0.39, 0.29) is 16.7 Å². The van der Waals surface area contributed by atoms with E-state index in [9.17, 15) is 21.6 Å². The third-order valence-electron chi connectivity index (χ3n) is 4.87. The molecule has 1 saturated heterocycles. The van der Waals surface area contributed by atoms with Gasteiger partial charge < -0.3 is 4.90 Å². The molecule has 1 aliphatic rings. The molecule has 0 bridgehead atoms. The van der Waals surface area contributed by atoms with Gasteiger partial charge in [0.15, 0.2) is 0 Å². The lowest BCUT2D eigenvalue weighted by Gasteiger charge is -2.33. The molecule has 0 saturated carbocycles. The van der Waals surface area contributed by atoms with Crippen molar-refractivity contribution in [2.75, 3.05) is 18.0 Å². The zero-order chi connectivity index (χ0) is 21.5. The summed E-state index contributed by atoms with van der Waals surface area (Å²) in [6, 6.07) is 9.47. The topological polar surface area (TPSA) is 92.5 Å². The van der Waals surface area contributed by atoms with E-state index in [1.807, 2.05) is 4.90 Å². The number of fused-ring (bicyclic) bond motifs is 1. The van der Waals surface area contributed by atoms with Crippen molar-refractivity contribution in [2.24, 2.45) is 0 Å². The van der Waals surface area contributed by atoms with E-state index < -0.39 is 22.0 Å². The molecule has 0 aliphatic carbocycles. The van der Waals surface area contributed by atoms with Crippen molar-refractivity contribution in [1.29, 1.82) is 0 Å². The van der Waals surface area contributed by atoms with Crippen molar-refractivity contribution >= 4 is 21.6 Å². The van der Waals surface area contributed by atoms with E-state index in [2.05, 4.69) is 19.8 Å². The largest absolute Gasteiger partial charge is 0.453 e. The van der Waals surface area contributed by atoms with E-state index in [1.165, 1.54) is 12.1 Å². The summed E-state index contributed by atoms with van der Waals surface area (Å²) >= 11 is 0. The molecule has 1 aliphatic heterocycles. The average Bonchev–Trinajstić information content (AvgIpc) is 3.13. The number of sulfonamides is 1. The highest BCUT2D eigenvalue weighted by atomic mass is 32.2. The third-order valence-corrected chi connectivity index (χ3v) is 6.41. The van der Waals surface area contributed by atoms with Gasteiger partial charge in [-0.1, -0.05) is 18.2 Å². The van der Waals surface area contributed by atoms with Gasteiger partial charge in [-0.25, -0.2) is 18.1 Å². The molecule has 0 unspecified atom stereocenters. The SMILES string of the molecule is Cc1cc(N2CCC(NS(=O)(=O)c3ccccc3)CC2)n2nc(C(F)(F)F)nc2n1. The maximum absolute atomic E-state index is 13.0. The van der Waals surface area contributed by atoms with Crippen LogP contribution < -0.4 is 9.62 Å². The Morgan fingerprint density at radius 2 is 1.77 bits per heavy atom. The fourth-order valence-corrected chi connectivity index (χ4v) is 4.75. The zero-order valence-corrected chi connectivity index (χ0v) is 16.8. The van der Waals surface area contributed by atoms with Gasteiger partial charge in [-0.15, -0.1) is 5.10 Å². The molecule has 8 nitrogen and oxygen atoms in total. The third kappa shape index (κ3) is 4.10. The summed E-state index contributed by atoms with van der Waals surface area (Å²) in [6.45, 7) is 2.57. The number of hydrogen-bond donors (Lipinski definition) is 1. The normalized spacial score (nSPS) is 16.3. The van der Waals surface area contributed by atoms with Crippen LogP contribution in [-0.2, 0) is 16.2 Å². The second-order valence-electron chi connectivity index (χ2n) is 7.10. The molecule has 3 heterocycles. The Bertz CT molecular complexity index is 1160. The first kappa shape index (κ1) is 20.5. The Balaban J connectivity index is 1.52. The van der Waals surface area contributed by atoms with Crippen molar-refractivity contribution in [3.63, 3.8) is 0 Å². The minimum absolute atomic E-state index is 0.121. The summed E-state index contributed by atoms with van der Waals surface area (Å²) in [6.07, 6.45) is -3.67. The number of anilines is 1. The van der Waals surface area contributed by atoms with Crippen molar-refractivity contribution in [2.45, 2.75) is 36.9 Å². The highest BCUT2D eigenvalue weighted by molar-refractivity contribution is 7.89. The number of hydrogen-bond acceptors (Lipinski definition) is 6. The van der Waals surface area contributed by atoms with Crippen LogP contribution >= 0.6 is 0 Å². The molecule has 0 radical (unpaired) electrons. The fourth-order valence-electron chi connectivity index (χ4n) is 3.43. The lowest BCUT2D eigenvalue weighted by atomic mass is 10.1. The Labute approximate surface area is 170 Å². The highest BCUT2D eigenvalue weighted by Crippen LogP contribution is 2.28. The van der Waals surface area contributed by atoms with Crippen LogP contribution in [-0.4, -0.2) is 47.1 Å². The number of piperidine rings is 1. The van der Waals surface area contributed by atoms with Gasteiger partial charge in [0.25, 0.3) is 11.6 Å². The average molecular weight is 440 g/mol. The van der Waals surface area contributed by atoms with E-state index in [0.29, 0.717) is 37.4 Å². The molecule has 4 rings (SSSR count). The summed E-state index contributed by atoms with van der Waals surface area (Å²) in [5.41, 5.74) is 0.519. The molecule has 12 heteroatoms. The molecule has 1 aromatic carbocycles. The van der Waals surface area contributed by atoms with Crippen LogP contribution in [0.15, 0.2) is 41.3 Å². The van der Waals surface area contributed by atoms with E-state index in [0.717, 1.165) is 4.52 Å². The van der Waals surface area contributed by atoms with Crippen LogP contribution in [0.4, 0.5) is 19.0 Å². The zero-order valence-electron chi connectivity index (χ0n) is 16.0. The first-order valence-corrected chi connectivity index (χ1v) is 10.8. The lowest BCUT2D eigenvalue weighted by Crippen LogP contribution is -2.45. The lowest BCUT2D eigenvalue weighted by molar-refractivity contribution is -0.144. The predicted octanol–water partition coefficient (Wildman–Crippen LogP) is 2.40. The molecule has 0 amide bonds. The molecule has 1 N–H and O–H groups in total. The van der Waals surface area contributed by atoms with E-state index in [1.54, 1.807) is 31.2 Å². The summed E-state index contributed by atoms with van der Waals surface area (Å²) in [7, 11) is -3.63. The van der Waals surface area contributed by atoms with Gasteiger partial charge in [0, 0.05) is 30.9 Å². The van der Waals surface area contributed by atoms with Crippen molar-refractivity contribution in [3.8, 4) is 0 Å². The first-order chi connectivity index (χ1) is 14.1. The molecule has 0 spiro atoms. The van der Waals surface area contributed by atoms with Crippen LogP contribution in [0, 0.1) is 6.92 Å². The number of halogens is 3. The Hall–Kier alpha value is -2.73. The van der Waals surface area contributed by atoms with Crippen molar-refractivity contribution in [1.82, 2.24) is 24.3 Å². The number of benzene rings is 1. The van der Waals surface area contributed by atoms with Crippen LogP contribution in [0.3, 0.4) is 0 Å². The molecule has 0 atom stereocenters. The van der Waals surface area contributed by atoms with Gasteiger partial charge in [0.05, 0.1) is 4.90 Å². The van der Waals surface area contributed by atoms with Crippen molar-refractivity contribution < 1.29 is 21.6 Å². The monoisotopic (exact) mass is 440 g/mol. The second-order valence-corrected chi connectivity index (χ2v) is 8.81. The fraction of sp³-hybridized carbons (Fsp3) is 0.389. The van der Waals surface area contributed by atoms with Crippen LogP contribution in [0.5, 0.6) is 0 Å². The Morgan fingerprint density at radius 1 is 1.10 bits per heavy atom. The van der Waals surface area contributed by atoms with Gasteiger partial charge in [-0.05, 0) is 31.9 Å². The van der Waals surface area contributed by atoms with Crippen LogP contribution in [0.25, 0.3) is 5.78 Å². The minimum atomic E-state index is -4.67. The Morgan fingerprint density at radius 3 is 2.40 bits per heavy atom. The first-order valence-electron chi connectivity index (χ1n) is 9.27. The summed E-state index contributed by atoms with van der Waals surface area (Å²) in [5, 5.41) is 3.58. The number of nitrogens with zero attached hydrogens (tertiary/aromatic N) is 5. The Kier molecular flexibility index (Phi) is 5.14. The van der Waals surface area contributed by atoms with E-state index in [4.69, 9.17) is 0 Å². The van der Waals surface area contributed by atoms with Gasteiger partial charge in [-0.3, -0.25) is 0 Å². The van der Waals surface area contributed by atoms with E-state index >= 15 is 0 Å². The van der Waals surface area contributed by atoms with Gasteiger partial charge >= 0.3 is 6.18 Å². The number of nitrogens with one attached hydrogen (secondary N) is 1. The molecule has 1 fully saturated rings. The summed E-state index contributed by atoms with van der Waals surface area (Å²) < 4.78 is 67.8. The van der Waals surface area contributed by atoms with Gasteiger partial charge in [0.1, 0.15) is 5.82 Å². The maximum Gasteiger partial charge on any atom is 0.453 e. The number of alkyl halides is 3. The van der Waals surface area contributed by atoms with Gasteiger partial charge in [-0.2, -0.15) is 22.7 Å². The van der Waals surface area contributed by atoms with Crippen molar-refractivity contribution in [3.05, 3.63) is 47.9 Å². The molecule has 160 valence electrons. The molecular weight excluding hydrogens is 421 g/mol. The summed E-state index contributed by atoms with van der Waals surface area (Å²) in [5.74, 6) is -0.915. The number of aryl methyl sites for hydroxylation is 1. The number of rotatable bonds is 4. The summed E-state index contributed by atoms with van der Waals surface area (Å²) in [4.78, 5) is 9.59. The molecule has 3 aromatic rings. The number of aromatic nitrogens is 4.